The van der Waals surface area contributed by atoms with E-state index < -0.39 is 10.0 Å². The van der Waals surface area contributed by atoms with E-state index >= 15 is 0 Å². The lowest BCUT2D eigenvalue weighted by Gasteiger charge is -2.25. The van der Waals surface area contributed by atoms with Crippen molar-refractivity contribution in [2.45, 2.75) is 57.0 Å². The van der Waals surface area contributed by atoms with Gasteiger partial charge in [-0.1, -0.05) is 51.8 Å². The topological polar surface area (TPSA) is 64.0 Å². The molecule has 31 heavy (non-hydrogen) atoms. The molecule has 3 aromatic rings. The van der Waals surface area contributed by atoms with Crippen LogP contribution in [0.4, 0.5) is 0 Å². The average Bonchev–Trinajstić information content (AvgIpc) is 3.44. The standard InChI is InChI=1S/C24H28BrN3O2S/c1-16-9-13-18(14-10-16)31(29,30)27-22(17-11-12-17)20-15-26-28(24(2,3)4)23(20)19-7-5-6-8-21(19)25/h5-10,13-15,17,22,27H,11-12H2,1-4H3. The number of nitrogens with zero attached hydrogens (tertiary/aromatic N) is 2. The largest absolute Gasteiger partial charge is 0.259 e. The van der Waals surface area contributed by atoms with Crippen LogP contribution in [0.25, 0.3) is 11.3 Å². The number of rotatable bonds is 6. The van der Waals surface area contributed by atoms with Gasteiger partial charge in [0, 0.05) is 15.6 Å². The Morgan fingerprint density at radius 1 is 1.10 bits per heavy atom. The predicted octanol–water partition coefficient (Wildman–Crippen LogP) is 5.81. The SMILES string of the molecule is Cc1ccc(S(=O)(=O)NC(c2cnn(C(C)(C)C)c2-c2ccccc2Br)C2CC2)cc1. The zero-order valence-corrected chi connectivity index (χ0v) is 20.7. The van der Waals surface area contributed by atoms with Gasteiger partial charge in [-0.25, -0.2) is 13.1 Å². The van der Waals surface area contributed by atoms with Gasteiger partial charge in [0.05, 0.1) is 28.4 Å². The zero-order chi connectivity index (χ0) is 22.4. The molecule has 1 aliphatic carbocycles. The minimum absolute atomic E-state index is 0.257. The van der Waals surface area contributed by atoms with Crippen molar-refractivity contribution in [1.82, 2.24) is 14.5 Å². The fourth-order valence-electron chi connectivity index (χ4n) is 3.82. The van der Waals surface area contributed by atoms with E-state index in [-0.39, 0.29) is 22.4 Å². The Morgan fingerprint density at radius 3 is 2.32 bits per heavy atom. The molecular weight excluding hydrogens is 474 g/mol. The zero-order valence-electron chi connectivity index (χ0n) is 18.3. The summed E-state index contributed by atoms with van der Waals surface area (Å²) in [6.07, 6.45) is 3.83. The van der Waals surface area contributed by atoms with Gasteiger partial charge in [0.2, 0.25) is 10.0 Å². The number of aryl methyl sites for hydroxylation is 1. The molecule has 0 amide bonds. The molecule has 164 valence electrons. The molecule has 1 aromatic heterocycles. The molecular formula is C24H28BrN3O2S. The average molecular weight is 502 g/mol. The lowest BCUT2D eigenvalue weighted by Crippen LogP contribution is -2.31. The highest BCUT2D eigenvalue weighted by Crippen LogP contribution is 2.46. The number of hydrogen-bond donors (Lipinski definition) is 1. The van der Waals surface area contributed by atoms with Crippen LogP contribution in [0.1, 0.15) is 50.8 Å². The maximum absolute atomic E-state index is 13.2. The summed E-state index contributed by atoms with van der Waals surface area (Å²) in [6, 6.07) is 14.7. The van der Waals surface area contributed by atoms with Crippen molar-refractivity contribution in [2.24, 2.45) is 5.92 Å². The number of sulfonamides is 1. The van der Waals surface area contributed by atoms with Crippen LogP contribution in [0.15, 0.2) is 64.1 Å². The van der Waals surface area contributed by atoms with Crippen molar-refractivity contribution < 1.29 is 8.42 Å². The molecule has 1 unspecified atom stereocenters. The van der Waals surface area contributed by atoms with E-state index in [1.165, 1.54) is 0 Å². The number of aromatic nitrogens is 2. The molecule has 7 heteroatoms. The highest BCUT2D eigenvalue weighted by atomic mass is 79.9. The van der Waals surface area contributed by atoms with Crippen LogP contribution in [0, 0.1) is 12.8 Å². The third-order valence-electron chi connectivity index (χ3n) is 5.60. The second-order valence-corrected chi connectivity index (χ2v) is 11.8. The Morgan fingerprint density at radius 2 is 1.74 bits per heavy atom. The Hall–Kier alpha value is -1.96. The van der Waals surface area contributed by atoms with Gasteiger partial charge in [-0.3, -0.25) is 4.68 Å². The van der Waals surface area contributed by atoms with Crippen LogP contribution in [-0.4, -0.2) is 18.2 Å². The van der Waals surface area contributed by atoms with Crippen LogP contribution in [0.5, 0.6) is 0 Å². The second-order valence-electron chi connectivity index (χ2n) is 9.26. The Kier molecular flexibility index (Phi) is 5.87. The summed E-state index contributed by atoms with van der Waals surface area (Å²) in [4.78, 5) is 0.286. The van der Waals surface area contributed by atoms with E-state index in [0.29, 0.717) is 0 Å². The molecule has 0 bridgehead atoms. The summed E-state index contributed by atoms with van der Waals surface area (Å²) in [5, 5.41) is 4.71. The van der Waals surface area contributed by atoms with Crippen molar-refractivity contribution in [3.63, 3.8) is 0 Å². The van der Waals surface area contributed by atoms with Crippen LogP contribution in [0.2, 0.25) is 0 Å². The van der Waals surface area contributed by atoms with Crippen molar-refractivity contribution in [1.29, 1.82) is 0 Å². The summed E-state index contributed by atoms with van der Waals surface area (Å²) in [7, 11) is -3.66. The maximum Gasteiger partial charge on any atom is 0.241 e. The minimum Gasteiger partial charge on any atom is -0.259 e. The van der Waals surface area contributed by atoms with Gasteiger partial charge in [-0.05, 0) is 64.7 Å². The molecule has 1 saturated carbocycles. The molecule has 0 spiro atoms. The number of benzene rings is 2. The highest BCUT2D eigenvalue weighted by molar-refractivity contribution is 9.10. The van der Waals surface area contributed by atoms with Crippen LogP contribution in [-0.2, 0) is 15.6 Å². The van der Waals surface area contributed by atoms with E-state index in [1.807, 2.05) is 54.2 Å². The smallest absolute Gasteiger partial charge is 0.241 e. The first-order chi connectivity index (χ1) is 14.6. The number of halogens is 1. The fourth-order valence-corrected chi connectivity index (χ4v) is 5.57. The van der Waals surface area contributed by atoms with Crippen molar-refractivity contribution in [3.8, 4) is 11.3 Å². The normalized spacial score (nSPS) is 15.8. The van der Waals surface area contributed by atoms with Crippen molar-refractivity contribution >= 4 is 26.0 Å². The van der Waals surface area contributed by atoms with Gasteiger partial charge in [0.25, 0.3) is 0 Å². The van der Waals surface area contributed by atoms with Gasteiger partial charge >= 0.3 is 0 Å². The Balaban J connectivity index is 1.82. The molecule has 1 N–H and O–H groups in total. The summed E-state index contributed by atoms with van der Waals surface area (Å²) in [6.45, 7) is 8.26. The van der Waals surface area contributed by atoms with Gasteiger partial charge < -0.3 is 0 Å². The molecule has 0 radical (unpaired) electrons. The Bertz CT molecular complexity index is 1190. The molecule has 1 heterocycles. The van der Waals surface area contributed by atoms with Crippen molar-refractivity contribution in [2.75, 3.05) is 0 Å². The molecule has 0 aliphatic heterocycles. The summed E-state index contributed by atoms with van der Waals surface area (Å²) in [5.41, 5.74) is 3.64. The van der Waals surface area contributed by atoms with E-state index in [1.54, 1.807) is 12.1 Å². The maximum atomic E-state index is 13.2. The highest BCUT2D eigenvalue weighted by Gasteiger charge is 2.39. The van der Waals surface area contributed by atoms with Crippen LogP contribution in [0.3, 0.4) is 0 Å². The van der Waals surface area contributed by atoms with Gasteiger partial charge in [-0.15, -0.1) is 0 Å². The molecule has 0 saturated heterocycles. The number of nitrogens with one attached hydrogen (secondary N) is 1. The summed E-state index contributed by atoms with van der Waals surface area (Å²) >= 11 is 3.68. The first-order valence-corrected chi connectivity index (χ1v) is 12.8. The summed E-state index contributed by atoms with van der Waals surface area (Å²) in [5.74, 6) is 0.263. The molecule has 2 aromatic carbocycles. The van der Waals surface area contributed by atoms with E-state index in [9.17, 15) is 8.42 Å². The van der Waals surface area contributed by atoms with E-state index in [0.717, 1.165) is 39.7 Å². The molecule has 5 nitrogen and oxygen atoms in total. The van der Waals surface area contributed by atoms with E-state index in [2.05, 4.69) is 41.4 Å². The van der Waals surface area contributed by atoms with Gasteiger partial charge in [-0.2, -0.15) is 5.10 Å². The fraction of sp³-hybridized carbons (Fsp3) is 0.375. The minimum atomic E-state index is -3.66. The van der Waals surface area contributed by atoms with Crippen molar-refractivity contribution in [3.05, 3.63) is 70.3 Å². The number of hydrogen-bond acceptors (Lipinski definition) is 3. The first kappa shape index (κ1) is 22.2. The Labute approximate surface area is 193 Å². The van der Waals surface area contributed by atoms with E-state index in [4.69, 9.17) is 5.10 Å². The molecule has 4 rings (SSSR count). The second kappa shape index (κ2) is 8.19. The lowest BCUT2D eigenvalue weighted by molar-refractivity contribution is 0.359. The summed E-state index contributed by atoms with van der Waals surface area (Å²) < 4.78 is 32.4. The molecule has 1 atom stereocenters. The lowest BCUT2D eigenvalue weighted by atomic mass is 9.98. The van der Waals surface area contributed by atoms with Crippen LogP contribution >= 0.6 is 15.9 Å². The van der Waals surface area contributed by atoms with Gasteiger partial charge in [0.1, 0.15) is 0 Å². The third-order valence-corrected chi connectivity index (χ3v) is 7.75. The van der Waals surface area contributed by atoms with Gasteiger partial charge in [0.15, 0.2) is 0 Å². The predicted molar refractivity (Wildman–Crippen MR) is 127 cm³/mol. The first-order valence-electron chi connectivity index (χ1n) is 10.5. The third kappa shape index (κ3) is 4.64. The molecule has 1 aliphatic rings. The monoisotopic (exact) mass is 501 g/mol. The molecule has 1 fully saturated rings. The quantitative estimate of drug-likeness (QED) is 0.463. The van der Waals surface area contributed by atoms with Crippen LogP contribution < -0.4 is 4.72 Å².